The lowest BCUT2D eigenvalue weighted by molar-refractivity contribution is -0.173. The summed E-state index contributed by atoms with van der Waals surface area (Å²) in [6, 6.07) is 0. The first-order valence-electron chi connectivity index (χ1n) is 9.28. The molecule has 0 saturated carbocycles. The smallest absolute Gasteiger partial charge is 0.341 e. The first-order chi connectivity index (χ1) is 12.6. The van der Waals surface area contributed by atoms with Gasteiger partial charge in [0.15, 0.2) is 17.3 Å². The molecule has 5 atom stereocenters. The van der Waals surface area contributed by atoms with Gasteiger partial charge in [-0.15, -0.1) is 0 Å². The second-order valence-electron chi connectivity index (χ2n) is 8.02. The minimum absolute atomic E-state index is 0.0958. The highest BCUT2D eigenvalue weighted by Crippen LogP contribution is 2.45. The molecule has 2 fully saturated rings. The Labute approximate surface area is 158 Å². The zero-order valence-corrected chi connectivity index (χ0v) is 16.2. The summed E-state index contributed by atoms with van der Waals surface area (Å²) in [5.74, 6) is -2.43. The molecule has 8 heteroatoms. The summed E-state index contributed by atoms with van der Waals surface area (Å²) in [7, 11) is 1.89. The fourth-order valence-corrected chi connectivity index (χ4v) is 3.54. The standard InChI is InChI=1S/C19H27NO7/c1-11-9-19(12(2)27-19)17(23)26-14-6-8-20(4)7-5-13(15(14)21)10-25-16(22)18(11,3)24/h5,11-12,14,24H,6-10H2,1-4H3/b13-5-/t11-,12+,14-,18+,19-/m0/s1. The number of carbonyl (C=O) groups is 3. The van der Waals surface area contributed by atoms with Crippen LogP contribution >= 0.6 is 0 Å². The van der Waals surface area contributed by atoms with Crippen molar-refractivity contribution >= 4 is 17.7 Å². The van der Waals surface area contributed by atoms with Gasteiger partial charge in [0.25, 0.3) is 0 Å². The van der Waals surface area contributed by atoms with E-state index in [1.165, 1.54) is 6.92 Å². The Balaban J connectivity index is 1.97. The van der Waals surface area contributed by atoms with Crippen molar-refractivity contribution < 1.29 is 33.7 Å². The topological polar surface area (TPSA) is 106 Å². The average molecular weight is 381 g/mol. The summed E-state index contributed by atoms with van der Waals surface area (Å²) in [6.45, 7) is 5.57. The monoisotopic (exact) mass is 381 g/mol. The first kappa shape index (κ1) is 20.0. The number of esters is 2. The van der Waals surface area contributed by atoms with E-state index in [9.17, 15) is 19.5 Å². The van der Waals surface area contributed by atoms with Crippen molar-refractivity contribution in [3.63, 3.8) is 0 Å². The predicted molar refractivity (Wildman–Crippen MR) is 93.7 cm³/mol. The van der Waals surface area contributed by atoms with Crippen molar-refractivity contribution in [3.8, 4) is 0 Å². The van der Waals surface area contributed by atoms with Crippen LogP contribution in [0.1, 0.15) is 33.6 Å². The van der Waals surface area contributed by atoms with Crippen molar-refractivity contribution in [3.05, 3.63) is 11.6 Å². The summed E-state index contributed by atoms with van der Waals surface area (Å²) in [5, 5.41) is 10.7. The van der Waals surface area contributed by atoms with Crippen molar-refractivity contribution in [1.29, 1.82) is 0 Å². The number of fused-ring (bicyclic) bond motifs is 2. The van der Waals surface area contributed by atoms with E-state index in [0.29, 0.717) is 19.5 Å². The zero-order valence-electron chi connectivity index (χ0n) is 16.2. The maximum Gasteiger partial charge on any atom is 0.341 e. The van der Waals surface area contributed by atoms with E-state index in [2.05, 4.69) is 0 Å². The molecule has 27 heavy (non-hydrogen) atoms. The molecule has 0 aromatic rings. The molecule has 3 aliphatic rings. The fraction of sp³-hybridized carbons (Fsp3) is 0.737. The van der Waals surface area contributed by atoms with E-state index >= 15 is 0 Å². The minimum Gasteiger partial charge on any atom is -0.459 e. The van der Waals surface area contributed by atoms with Crippen LogP contribution in [0.2, 0.25) is 0 Å². The third kappa shape index (κ3) is 3.66. The molecule has 2 saturated heterocycles. The minimum atomic E-state index is -1.82. The van der Waals surface area contributed by atoms with Crippen molar-refractivity contribution in [2.45, 2.75) is 57.0 Å². The Bertz CT molecular complexity index is 686. The highest BCUT2D eigenvalue weighted by atomic mass is 16.7. The highest BCUT2D eigenvalue weighted by Gasteiger charge is 2.63. The van der Waals surface area contributed by atoms with Crippen LogP contribution in [0, 0.1) is 5.92 Å². The first-order valence-corrected chi connectivity index (χ1v) is 9.28. The molecule has 8 nitrogen and oxygen atoms in total. The molecular weight excluding hydrogens is 354 g/mol. The van der Waals surface area contributed by atoms with E-state index in [1.807, 2.05) is 11.9 Å². The summed E-state index contributed by atoms with van der Waals surface area (Å²) < 4.78 is 16.4. The lowest BCUT2D eigenvalue weighted by Gasteiger charge is -2.32. The van der Waals surface area contributed by atoms with Crippen LogP contribution in [0.3, 0.4) is 0 Å². The van der Waals surface area contributed by atoms with Crippen molar-refractivity contribution in [1.82, 2.24) is 4.90 Å². The lowest BCUT2D eigenvalue weighted by Crippen LogP contribution is -2.48. The maximum atomic E-state index is 12.9. The number of rotatable bonds is 0. The summed E-state index contributed by atoms with van der Waals surface area (Å²) in [4.78, 5) is 40.2. The average Bonchev–Trinajstić information content (AvgIpc) is 3.26. The van der Waals surface area contributed by atoms with Gasteiger partial charge in [0.05, 0.1) is 6.10 Å². The molecule has 0 radical (unpaired) electrons. The summed E-state index contributed by atoms with van der Waals surface area (Å²) in [5.41, 5.74) is -2.81. The Hall–Kier alpha value is -1.77. The molecule has 2 bridgehead atoms. The van der Waals surface area contributed by atoms with Crippen LogP contribution in [-0.4, -0.2) is 77.9 Å². The second kappa shape index (κ2) is 7.00. The number of likely N-dealkylation sites (N-methyl/N-ethyl adjacent to an activating group) is 1. The molecule has 1 spiro atoms. The van der Waals surface area contributed by atoms with Crippen LogP contribution in [0.4, 0.5) is 0 Å². The van der Waals surface area contributed by atoms with Crippen LogP contribution < -0.4 is 0 Å². The van der Waals surface area contributed by atoms with Gasteiger partial charge in [-0.2, -0.15) is 0 Å². The van der Waals surface area contributed by atoms with Gasteiger partial charge in [-0.05, 0) is 33.2 Å². The largest absolute Gasteiger partial charge is 0.459 e. The number of nitrogens with zero attached hydrogens (tertiary/aromatic N) is 1. The number of epoxide rings is 1. The van der Waals surface area contributed by atoms with Gasteiger partial charge >= 0.3 is 11.9 Å². The number of ether oxygens (including phenoxy) is 3. The molecule has 150 valence electrons. The molecular formula is C19H27NO7. The number of hydrogen-bond donors (Lipinski definition) is 1. The molecule has 0 aliphatic carbocycles. The van der Waals surface area contributed by atoms with Gasteiger partial charge in [-0.25, -0.2) is 9.59 Å². The van der Waals surface area contributed by atoms with Crippen LogP contribution in [0.25, 0.3) is 0 Å². The quantitative estimate of drug-likeness (QED) is 0.469. The number of hydrogen-bond acceptors (Lipinski definition) is 8. The van der Waals surface area contributed by atoms with Gasteiger partial charge < -0.3 is 24.2 Å². The number of cyclic esters (lactones) is 1. The summed E-state index contributed by atoms with van der Waals surface area (Å²) >= 11 is 0. The van der Waals surface area contributed by atoms with Crippen LogP contribution in [-0.2, 0) is 28.6 Å². The Morgan fingerprint density at radius 3 is 2.52 bits per heavy atom. The van der Waals surface area contributed by atoms with E-state index in [-0.39, 0.29) is 24.4 Å². The van der Waals surface area contributed by atoms with Gasteiger partial charge in [0, 0.05) is 25.1 Å². The highest BCUT2D eigenvalue weighted by molar-refractivity contribution is 6.01. The lowest BCUT2D eigenvalue weighted by atomic mass is 9.82. The predicted octanol–water partition coefficient (Wildman–Crippen LogP) is 0.221. The molecule has 3 heterocycles. The van der Waals surface area contributed by atoms with Crippen molar-refractivity contribution in [2.75, 3.05) is 26.7 Å². The molecule has 0 aromatic carbocycles. The number of Topliss-reactive ketones (excluding diaryl/α,β-unsaturated/α-hetero) is 1. The number of aliphatic hydroxyl groups is 1. The third-order valence-electron chi connectivity index (χ3n) is 5.95. The fourth-order valence-electron chi connectivity index (χ4n) is 3.54. The normalized spacial score (nSPS) is 43.4. The molecule has 0 amide bonds. The number of ketones is 1. The van der Waals surface area contributed by atoms with E-state index in [0.717, 1.165) is 0 Å². The van der Waals surface area contributed by atoms with Gasteiger partial charge in [0.1, 0.15) is 6.61 Å². The maximum absolute atomic E-state index is 12.9. The SMILES string of the molecule is C[C@H]1C[C@@]2(O[C@@H]2C)C(=O)O[C@H]2CCN(C)C/C=C(/COC(=O)[C@]1(C)O)C2=O. The number of carbonyl (C=O) groups excluding carboxylic acids is 3. The van der Waals surface area contributed by atoms with Crippen LogP contribution in [0.15, 0.2) is 11.6 Å². The third-order valence-corrected chi connectivity index (χ3v) is 5.95. The van der Waals surface area contributed by atoms with Gasteiger partial charge in [-0.3, -0.25) is 4.79 Å². The molecule has 0 unspecified atom stereocenters. The molecule has 3 aliphatic heterocycles. The summed E-state index contributed by atoms with van der Waals surface area (Å²) in [6.07, 6.45) is 0.756. The Morgan fingerprint density at radius 1 is 1.22 bits per heavy atom. The second-order valence-corrected chi connectivity index (χ2v) is 8.02. The van der Waals surface area contributed by atoms with Gasteiger partial charge in [0.2, 0.25) is 5.78 Å². The zero-order chi connectivity index (χ0) is 20.0. The van der Waals surface area contributed by atoms with Gasteiger partial charge in [-0.1, -0.05) is 13.0 Å². The van der Waals surface area contributed by atoms with E-state index in [1.54, 1.807) is 19.9 Å². The molecule has 0 aromatic heterocycles. The molecule has 3 rings (SSSR count). The van der Waals surface area contributed by atoms with Crippen molar-refractivity contribution in [2.24, 2.45) is 5.92 Å². The Kier molecular flexibility index (Phi) is 5.18. The van der Waals surface area contributed by atoms with Crippen LogP contribution in [0.5, 0.6) is 0 Å². The van der Waals surface area contributed by atoms with E-state index in [4.69, 9.17) is 14.2 Å². The Morgan fingerprint density at radius 2 is 1.89 bits per heavy atom. The van der Waals surface area contributed by atoms with E-state index < -0.39 is 41.3 Å². The molecule has 1 N–H and O–H groups in total.